The minimum absolute atomic E-state index is 0.0170. The van der Waals surface area contributed by atoms with Crippen molar-refractivity contribution in [1.82, 2.24) is 9.55 Å². The van der Waals surface area contributed by atoms with Crippen LogP contribution in [0.2, 0.25) is 0 Å². The molecule has 5 heteroatoms. The van der Waals surface area contributed by atoms with E-state index >= 15 is 0 Å². The summed E-state index contributed by atoms with van der Waals surface area (Å²) in [4.78, 5) is 4.27. The third-order valence-corrected chi connectivity index (χ3v) is 3.99. The molecule has 0 aliphatic heterocycles. The van der Waals surface area contributed by atoms with Crippen LogP contribution >= 0.6 is 11.8 Å². The molecule has 0 atom stereocenters. The summed E-state index contributed by atoms with van der Waals surface area (Å²) in [7, 11) is 1.91. The van der Waals surface area contributed by atoms with E-state index in [-0.39, 0.29) is 6.61 Å². The highest BCUT2D eigenvalue weighted by atomic mass is 32.2. The van der Waals surface area contributed by atoms with Crippen LogP contribution in [0.5, 0.6) is 5.75 Å². The van der Waals surface area contributed by atoms with Crippen molar-refractivity contribution in [2.45, 2.75) is 25.6 Å². The van der Waals surface area contributed by atoms with E-state index in [0.29, 0.717) is 6.61 Å². The molecular weight excluding hydrogens is 272 g/mol. The Labute approximate surface area is 123 Å². The third-order valence-electron chi connectivity index (χ3n) is 2.98. The molecule has 1 aromatic carbocycles. The fourth-order valence-corrected chi connectivity index (χ4v) is 2.80. The average Bonchev–Trinajstić information content (AvgIpc) is 2.74. The van der Waals surface area contributed by atoms with Crippen LogP contribution in [-0.4, -0.2) is 27.0 Å². The van der Waals surface area contributed by atoms with Crippen LogP contribution in [0, 0.1) is 13.8 Å². The van der Waals surface area contributed by atoms with Gasteiger partial charge in [-0.15, -0.1) is 0 Å². The average molecular weight is 292 g/mol. The smallest absolute Gasteiger partial charge is 0.168 e. The molecule has 0 aliphatic rings. The number of benzene rings is 1. The van der Waals surface area contributed by atoms with Gasteiger partial charge >= 0.3 is 0 Å². The van der Waals surface area contributed by atoms with E-state index < -0.39 is 0 Å². The van der Waals surface area contributed by atoms with Gasteiger partial charge in [-0.3, -0.25) is 0 Å². The Morgan fingerprint density at radius 2 is 1.95 bits per heavy atom. The minimum atomic E-state index is 0.0170. The molecule has 4 nitrogen and oxygen atoms in total. The molecule has 0 saturated heterocycles. The molecule has 20 heavy (non-hydrogen) atoms. The molecule has 0 fully saturated rings. The second-order valence-corrected chi connectivity index (χ2v) is 5.83. The molecule has 0 radical (unpaired) electrons. The number of aliphatic hydroxyl groups excluding tert-OH is 1. The molecular formula is C15H20N2O2S. The number of hydrogen-bond acceptors (Lipinski definition) is 4. The van der Waals surface area contributed by atoms with Crippen LogP contribution in [0.4, 0.5) is 0 Å². The number of hydrogen-bond donors (Lipinski definition) is 1. The predicted octanol–water partition coefficient (Wildman–Crippen LogP) is 2.70. The summed E-state index contributed by atoms with van der Waals surface area (Å²) >= 11 is 1.63. The van der Waals surface area contributed by atoms with E-state index in [1.165, 1.54) is 11.1 Å². The summed E-state index contributed by atoms with van der Waals surface area (Å²) in [6.07, 6.45) is 1.70. The molecule has 108 valence electrons. The highest BCUT2D eigenvalue weighted by Crippen LogP contribution is 2.19. The van der Waals surface area contributed by atoms with E-state index in [4.69, 9.17) is 9.84 Å². The van der Waals surface area contributed by atoms with E-state index in [9.17, 15) is 0 Å². The fourth-order valence-electron chi connectivity index (χ4n) is 2.02. The van der Waals surface area contributed by atoms with Gasteiger partial charge in [-0.25, -0.2) is 4.98 Å². The molecule has 2 rings (SSSR count). The molecule has 0 spiro atoms. The molecule has 0 bridgehead atoms. The Balaban J connectivity index is 1.82. The van der Waals surface area contributed by atoms with Crippen molar-refractivity contribution in [3.05, 3.63) is 41.2 Å². The maximum Gasteiger partial charge on any atom is 0.168 e. The highest BCUT2D eigenvalue weighted by Gasteiger charge is 2.06. The van der Waals surface area contributed by atoms with Crippen molar-refractivity contribution in [2.75, 3.05) is 12.4 Å². The molecule has 1 N–H and O–H groups in total. The number of aliphatic hydroxyl groups is 1. The number of thioether (sulfide) groups is 1. The number of aromatic nitrogens is 2. The van der Waals surface area contributed by atoms with E-state index in [0.717, 1.165) is 22.4 Å². The van der Waals surface area contributed by atoms with Crippen molar-refractivity contribution in [3.8, 4) is 5.75 Å². The van der Waals surface area contributed by atoms with Gasteiger partial charge in [0.2, 0.25) is 0 Å². The first-order chi connectivity index (χ1) is 9.60. The van der Waals surface area contributed by atoms with Crippen molar-refractivity contribution >= 4 is 11.8 Å². The molecule has 0 aliphatic carbocycles. The van der Waals surface area contributed by atoms with Crippen LogP contribution in [0.25, 0.3) is 0 Å². The van der Waals surface area contributed by atoms with E-state index in [2.05, 4.69) is 24.9 Å². The van der Waals surface area contributed by atoms with Gasteiger partial charge in [0.25, 0.3) is 0 Å². The Bertz CT molecular complexity index is 561. The Hall–Kier alpha value is -1.46. The van der Waals surface area contributed by atoms with Gasteiger partial charge in [0.1, 0.15) is 5.75 Å². The monoisotopic (exact) mass is 292 g/mol. The standard InChI is InChI=1S/C15H20N2O2S/c1-11-6-12(2)8-14(7-11)19-4-5-20-15-16-9-13(10-18)17(15)3/h6-9,18H,4-5,10H2,1-3H3. The van der Waals surface area contributed by atoms with Crippen LogP contribution in [-0.2, 0) is 13.7 Å². The molecule has 2 aromatic rings. The summed E-state index contributed by atoms with van der Waals surface area (Å²) in [6.45, 7) is 4.79. The maximum absolute atomic E-state index is 9.11. The number of ether oxygens (including phenoxy) is 1. The fraction of sp³-hybridized carbons (Fsp3) is 0.400. The summed E-state index contributed by atoms with van der Waals surface area (Å²) in [6, 6.07) is 6.22. The summed E-state index contributed by atoms with van der Waals surface area (Å²) in [5.74, 6) is 1.74. The summed E-state index contributed by atoms with van der Waals surface area (Å²) in [5, 5.41) is 10.0. The van der Waals surface area contributed by atoms with E-state index in [1.54, 1.807) is 18.0 Å². The molecule has 0 unspecified atom stereocenters. The molecule has 1 heterocycles. The van der Waals surface area contributed by atoms with Crippen molar-refractivity contribution in [3.63, 3.8) is 0 Å². The highest BCUT2D eigenvalue weighted by molar-refractivity contribution is 7.99. The van der Waals surface area contributed by atoms with Gasteiger partial charge in [0.05, 0.1) is 25.1 Å². The molecule has 1 aromatic heterocycles. The largest absolute Gasteiger partial charge is 0.493 e. The lowest BCUT2D eigenvalue weighted by Crippen LogP contribution is -2.03. The first-order valence-corrected chi connectivity index (χ1v) is 7.54. The summed E-state index contributed by atoms with van der Waals surface area (Å²) < 4.78 is 7.66. The van der Waals surface area contributed by atoms with Crippen LogP contribution < -0.4 is 4.74 Å². The number of imidazole rings is 1. The van der Waals surface area contributed by atoms with Crippen molar-refractivity contribution < 1.29 is 9.84 Å². The van der Waals surface area contributed by atoms with Crippen molar-refractivity contribution in [2.24, 2.45) is 7.05 Å². The zero-order valence-corrected chi connectivity index (χ0v) is 12.9. The quantitative estimate of drug-likeness (QED) is 0.657. The van der Waals surface area contributed by atoms with Gasteiger partial charge in [0, 0.05) is 12.8 Å². The third kappa shape index (κ3) is 3.77. The zero-order chi connectivity index (χ0) is 14.5. The van der Waals surface area contributed by atoms with Crippen molar-refractivity contribution in [1.29, 1.82) is 0 Å². The van der Waals surface area contributed by atoms with Gasteiger partial charge in [0.15, 0.2) is 5.16 Å². The Kier molecular flexibility index (Phi) is 5.09. The first-order valence-electron chi connectivity index (χ1n) is 6.55. The zero-order valence-electron chi connectivity index (χ0n) is 12.1. The Morgan fingerprint density at radius 1 is 1.25 bits per heavy atom. The van der Waals surface area contributed by atoms with Crippen LogP contribution in [0.15, 0.2) is 29.6 Å². The lowest BCUT2D eigenvalue weighted by Gasteiger charge is -2.08. The van der Waals surface area contributed by atoms with Gasteiger partial charge in [-0.2, -0.15) is 0 Å². The Morgan fingerprint density at radius 3 is 2.55 bits per heavy atom. The van der Waals surface area contributed by atoms with Crippen LogP contribution in [0.1, 0.15) is 16.8 Å². The lowest BCUT2D eigenvalue weighted by atomic mass is 10.1. The topological polar surface area (TPSA) is 47.3 Å². The molecule has 0 saturated carbocycles. The normalized spacial score (nSPS) is 10.8. The lowest BCUT2D eigenvalue weighted by molar-refractivity contribution is 0.271. The minimum Gasteiger partial charge on any atom is -0.493 e. The SMILES string of the molecule is Cc1cc(C)cc(OCCSc2ncc(CO)n2C)c1. The second kappa shape index (κ2) is 6.81. The van der Waals surface area contributed by atoms with E-state index in [1.807, 2.05) is 23.7 Å². The first kappa shape index (κ1) is 14.9. The van der Waals surface area contributed by atoms with Gasteiger partial charge < -0.3 is 14.4 Å². The van der Waals surface area contributed by atoms with Gasteiger partial charge in [-0.05, 0) is 37.1 Å². The molecule has 0 amide bonds. The second-order valence-electron chi connectivity index (χ2n) is 4.77. The van der Waals surface area contributed by atoms with Gasteiger partial charge in [-0.1, -0.05) is 17.8 Å². The number of aryl methyl sites for hydroxylation is 2. The maximum atomic E-state index is 9.11. The number of nitrogens with zero attached hydrogens (tertiary/aromatic N) is 2. The summed E-state index contributed by atoms with van der Waals surface area (Å²) in [5.41, 5.74) is 3.25. The van der Waals surface area contributed by atoms with Crippen LogP contribution in [0.3, 0.4) is 0 Å². The number of rotatable bonds is 6. The predicted molar refractivity (Wildman–Crippen MR) is 81.3 cm³/mol.